The van der Waals surface area contributed by atoms with Gasteiger partial charge < -0.3 is 14.2 Å². The number of aromatic nitrogens is 4. The van der Waals surface area contributed by atoms with Crippen LogP contribution < -0.4 is 14.2 Å². The predicted molar refractivity (Wildman–Crippen MR) is 92.8 cm³/mol. The Labute approximate surface area is 152 Å². The lowest BCUT2D eigenvalue weighted by Gasteiger charge is -2.07. The Morgan fingerprint density at radius 2 is 1.96 bits per heavy atom. The molecule has 0 amide bonds. The van der Waals surface area contributed by atoms with Gasteiger partial charge in [-0.3, -0.25) is 0 Å². The topological polar surface area (TPSA) is 71.3 Å². The highest BCUT2D eigenvalue weighted by Crippen LogP contribution is 2.38. The zero-order valence-corrected chi connectivity index (χ0v) is 14.8. The number of nitrogens with zero attached hydrogens (tertiary/aromatic N) is 4. The lowest BCUT2D eigenvalue weighted by molar-refractivity contribution is 0.174. The second-order valence-electron chi connectivity index (χ2n) is 5.16. The Kier molecular flexibility index (Phi) is 4.37. The summed E-state index contributed by atoms with van der Waals surface area (Å²) in [7, 11) is 1.63. The van der Waals surface area contributed by atoms with Gasteiger partial charge in [-0.15, -0.1) is 5.10 Å². The largest absolute Gasteiger partial charge is 0.497 e. The van der Waals surface area contributed by atoms with Crippen LogP contribution in [0.5, 0.6) is 17.2 Å². The predicted octanol–water partition coefficient (Wildman–Crippen LogP) is 3.35. The Balaban J connectivity index is 1.53. The zero-order chi connectivity index (χ0) is 17.2. The van der Waals surface area contributed by atoms with Crippen molar-refractivity contribution in [3.63, 3.8) is 0 Å². The molecule has 0 saturated heterocycles. The summed E-state index contributed by atoms with van der Waals surface area (Å²) in [5.41, 5.74) is 1.78. The van der Waals surface area contributed by atoms with E-state index in [0.717, 1.165) is 17.0 Å². The SMILES string of the molecule is COc1ccc(-n2nnnc2SCc2cc3c(cc2Cl)OCO3)cc1. The molecule has 1 aliphatic rings. The van der Waals surface area contributed by atoms with Gasteiger partial charge in [0, 0.05) is 16.8 Å². The van der Waals surface area contributed by atoms with Crippen molar-refractivity contribution in [1.82, 2.24) is 20.2 Å². The van der Waals surface area contributed by atoms with E-state index >= 15 is 0 Å². The fourth-order valence-corrected chi connectivity index (χ4v) is 3.55. The first-order valence-electron chi connectivity index (χ1n) is 7.38. The fraction of sp³-hybridized carbons (Fsp3) is 0.188. The highest BCUT2D eigenvalue weighted by molar-refractivity contribution is 7.98. The maximum absolute atomic E-state index is 6.32. The number of hydrogen-bond donors (Lipinski definition) is 0. The number of methoxy groups -OCH3 is 1. The van der Waals surface area contributed by atoms with Crippen molar-refractivity contribution < 1.29 is 14.2 Å². The Bertz CT molecular complexity index is 901. The molecule has 0 aliphatic carbocycles. The lowest BCUT2D eigenvalue weighted by atomic mass is 10.2. The van der Waals surface area contributed by atoms with Gasteiger partial charge in [0.2, 0.25) is 11.9 Å². The molecule has 0 N–H and O–H groups in total. The van der Waals surface area contributed by atoms with E-state index in [0.29, 0.717) is 27.4 Å². The van der Waals surface area contributed by atoms with Crippen molar-refractivity contribution in [3.8, 4) is 22.9 Å². The molecule has 0 bridgehead atoms. The molecule has 4 rings (SSSR count). The van der Waals surface area contributed by atoms with Crippen molar-refractivity contribution in [3.05, 3.63) is 47.0 Å². The molecule has 0 spiro atoms. The second-order valence-corrected chi connectivity index (χ2v) is 6.51. The van der Waals surface area contributed by atoms with Gasteiger partial charge in [0.25, 0.3) is 0 Å². The van der Waals surface area contributed by atoms with Crippen molar-refractivity contribution in [2.75, 3.05) is 13.9 Å². The van der Waals surface area contributed by atoms with E-state index in [-0.39, 0.29) is 6.79 Å². The number of benzene rings is 2. The van der Waals surface area contributed by atoms with Crippen LogP contribution in [0.1, 0.15) is 5.56 Å². The average molecular weight is 377 g/mol. The van der Waals surface area contributed by atoms with Gasteiger partial charge in [-0.25, -0.2) is 0 Å². The minimum absolute atomic E-state index is 0.220. The molecule has 0 fully saturated rings. The zero-order valence-electron chi connectivity index (χ0n) is 13.2. The number of thioether (sulfide) groups is 1. The van der Waals surface area contributed by atoms with Gasteiger partial charge >= 0.3 is 0 Å². The summed E-state index contributed by atoms with van der Waals surface area (Å²) in [6.45, 7) is 0.220. The highest BCUT2D eigenvalue weighted by Gasteiger charge is 2.17. The summed E-state index contributed by atoms with van der Waals surface area (Å²) in [5.74, 6) is 2.75. The number of rotatable bonds is 5. The van der Waals surface area contributed by atoms with Gasteiger partial charge in [0.15, 0.2) is 11.5 Å². The molecule has 0 atom stereocenters. The van der Waals surface area contributed by atoms with Gasteiger partial charge in [0.05, 0.1) is 12.8 Å². The molecule has 9 heteroatoms. The molecule has 1 aliphatic heterocycles. The summed E-state index contributed by atoms with van der Waals surface area (Å²) in [6.07, 6.45) is 0. The van der Waals surface area contributed by atoms with Crippen LogP contribution in [0.25, 0.3) is 5.69 Å². The van der Waals surface area contributed by atoms with Crippen LogP contribution in [0.15, 0.2) is 41.6 Å². The number of ether oxygens (including phenoxy) is 3. The summed E-state index contributed by atoms with van der Waals surface area (Å²) < 4.78 is 17.6. The van der Waals surface area contributed by atoms with Crippen LogP contribution in [-0.4, -0.2) is 34.1 Å². The van der Waals surface area contributed by atoms with Crippen molar-refractivity contribution in [1.29, 1.82) is 0 Å². The van der Waals surface area contributed by atoms with Crippen LogP contribution in [0.2, 0.25) is 5.02 Å². The first-order valence-corrected chi connectivity index (χ1v) is 8.74. The minimum Gasteiger partial charge on any atom is -0.497 e. The second kappa shape index (κ2) is 6.81. The van der Waals surface area contributed by atoms with Crippen molar-refractivity contribution in [2.45, 2.75) is 10.9 Å². The maximum atomic E-state index is 6.32. The van der Waals surface area contributed by atoms with Gasteiger partial charge in [-0.1, -0.05) is 23.4 Å². The number of halogens is 1. The molecule has 25 heavy (non-hydrogen) atoms. The Hall–Kier alpha value is -2.45. The number of hydrogen-bond acceptors (Lipinski definition) is 7. The Morgan fingerprint density at radius 3 is 2.72 bits per heavy atom. The minimum atomic E-state index is 0.220. The molecule has 128 valence electrons. The number of fused-ring (bicyclic) bond motifs is 1. The van der Waals surface area contributed by atoms with Crippen LogP contribution in [-0.2, 0) is 5.75 Å². The Morgan fingerprint density at radius 1 is 1.20 bits per heavy atom. The first-order chi connectivity index (χ1) is 12.2. The van der Waals surface area contributed by atoms with E-state index in [9.17, 15) is 0 Å². The van der Waals surface area contributed by atoms with Crippen LogP contribution >= 0.6 is 23.4 Å². The third-order valence-electron chi connectivity index (χ3n) is 3.66. The molecule has 0 unspecified atom stereocenters. The summed E-state index contributed by atoms with van der Waals surface area (Å²) >= 11 is 7.80. The maximum Gasteiger partial charge on any atom is 0.231 e. The molecule has 0 saturated carbocycles. The monoisotopic (exact) mass is 376 g/mol. The summed E-state index contributed by atoms with van der Waals surface area (Å²) in [5, 5.41) is 13.2. The van der Waals surface area contributed by atoms with E-state index in [4.69, 9.17) is 25.8 Å². The molecule has 2 heterocycles. The molecule has 0 radical (unpaired) electrons. The van der Waals surface area contributed by atoms with Crippen LogP contribution in [0.4, 0.5) is 0 Å². The molecule has 2 aromatic carbocycles. The fourth-order valence-electron chi connectivity index (χ4n) is 2.37. The van der Waals surface area contributed by atoms with Gasteiger partial charge in [-0.05, 0) is 46.3 Å². The third kappa shape index (κ3) is 3.22. The molecule has 1 aromatic heterocycles. The molecular weight excluding hydrogens is 364 g/mol. The standard InChI is InChI=1S/C16H13ClN4O3S/c1-22-12-4-2-11(3-5-12)21-16(18-19-20-21)25-8-10-6-14-15(7-13(10)17)24-9-23-14/h2-7H,8-9H2,1H3. The van der Waals surface area contributed by atoms with Crippen molar-refractivity contribution in [2.24, 2.45) is 0 Å². The van der Waals surface area contributed by atoms with Gasteiger partial charge in [0.1, 0.15) is 5.75 Å². The van der Waals surface area contributed by atoms with Crippen LogP contribution in [0.3, 0.4) is 0 Å². The molecule has 7 nitrogen and oxygen atoms in total. The first kappa shape index (κ1) is 16.0. The smallest absolute Gasteiger partial charge is 0.231 e. The van der Waals surface area contributed by atoms with E-state index in [1.54, 1.807) is 17.9 Å². The van der Waals surface area contributed by atoms with E-state index in [1.165, 1.54) is 11.8 Å². The van der Waals surface area contributed by atoms with Gasteiger partial charge in [-0.2, -0.15) is 4.68 Å². The highest BCUT2D eigenvalue weighted by atomic mass is 35.5. The van der Waals surface area contributed by atoms with E-state index < -0.39 is 0 Å². The summed E-state index contributed by atoms with van der Waals surface area (Å²) in [4.78, 5) is 0. The molecule has 3 aromatic rings. The number of tetrazole rings is 1. The van der Waals surface area contributed by atoms with Crippen LogP contribution in [0, 0.1) is 0 Å². The third-order valence-corrected chi connectivity index (χ3v) is 4.98. The van der Waals surface area contributed by atoms with E-state index in [2.05, 4.69) is 15.5 Å². The molecular formula is C16H13ClN4O3S. The average Bonchev–Trinajstić information content (AvgIpc) is 3.28. The van der Waals surface area contributed by atoms with Crippen molar-refractivity contribution >= 4 is 23.4 Å². The lowest BCUT2D eigenvalue weighted by Crippen LogP contribution is -1.99. The summed E-state index contributed by atoms with van der Waals surface area (Å²) in [6, 6.07) is 11.2. The normalized spacial score (nSPS) is 12.4. The van der Waals surface area contributed by atoms with E-state index in [1.807, 2.05) is 30.3 Å². The quantitative estimate of drug-likeness (QED) is 0.632.